The fraction of sp³-hybridized carbons (Fsp3) is 0. The van der Waals surface area contributed by atoms with Crippen LogP contribution >= 0.6 is 186 Å². The van der Waals surface area contributed by atoms with Crippen LogP contribution < -0.4 is 128 Å². The van der Waals surface area contributed by atoms with Gasteiger partial charge >= 0.3 is 135 Å². The summed E-state index contributed by atoms with van der Waals surface area (Å²) in [6.07, 6.45) is 0. The number of benzene rings is 4. The van der Waals surface area contributed by atoms with Gasteiger partial charge in [-0.1, -0.05) is 186 Å². The summed E-state index contributed by atoms with van der Waals surface area (Å²) in [7, 11) is -22.1. The van der Waals surface area contributed by atoms with E-state index in [-0.39, 0.29) is 135 Å². The molecule has 0 saturated heterocycles. The van der Waals surface area contributed by atoms with Crippen LogP contribution in [-0.2, 0) is 57.5 Å². The number of nitrogens with zero attached hydrogens (tertiary/aromatic N) is 4. The Hall–Kier alpha value is 2.28. The summed E-state index contributed by atoms with van der Waals surface area (Å²) in [4.78, 5) is 14.2. The molecule has 0 aliphatic carbocycles. The van der Waals surface area contributed by atoms with Gasteiger partial charge in [-0.25, -0.2) is 43.6 Å². The number of rotatable bonds is 8. The van der Waals surface area contributed by atoms with E-state index in [1.807, 2.05) is 0 Å². The van der Waals surface area contributed by atoms with Gasteiger partial charge in [0.05, 0.1) is 103 Å². The molecule has 2 aliphatic rings. The van der Waals surface area contributed by atoms with E-state index in [9.17, 15) is 51.9 Å². The SMILES string of the molecule is O=S(=O)([O-])c1ccc(Cl)c(-c2c3nc(c(-c4c(Cl)ccc(S(=O)(=O)[O-])c4Cl)c4[n-]c(c(Cl)c4Cl)c(-c4c(Cl)ccc(S(=O)(=O)[O-])c4Cl)c4nc(c(-c5c(Cl)ccc(S(=O)(=O)[O-])c5Cl)c5[n-]c2c(Cl)c5Cl)C(Cl)=C4Cl)C(Cl)=C3Cl)c1Cl.[Fe+2].[Na+].[Na+].[Na+].[Na+]. The zero-order valence-electron chi connectivity index (χ0n) is 41.3. The predicted octanol–water partition coefficient (Wildman–Crippen LogP) is 4.32. The zero-order chi connectivity index (χ0) is 59.3. The Morgan fingerprint density at radius 2 is 0.447 bits per heavy atom. The zero-order valence-corrected chi connectivity index (χ0v) is 65.8. The largest absolute Gasteiger partial charge is 2.00 e. The smallest absolute Gasteiger partial charge is 0.744 e. The van der Waals surface area contributed by atoms with Gasteiger partial charge < -0.3 is 28.2 Å². The van der Waals surface area contributed by atoms with E-state index in [1.54, 1.807) is 0 Å². The Kier molecular flexibility index (Phi) is 27.5. The Morgan fingerprint density at radius 3 is 0.600 bits per heavy atom. The first kappa shape index (κ1) is 79.7. The van der Waals surface area contributed by atoms with Gasteiger partial charge in [0.2, 0.25) is 0 Å². The third-order valence-electron chi connectivity index (χ3n) is 11.5. The van der Waals surface area contributed by atoms with Crippen LogP contribution in [0.15, 0.2) is 68.1 Å². The number of fused-ring (bicyclic) bond motifs is 8. The molecule has 0 amide bonds. The Balaban J connectivity index is 0.00000310. The molecule has 8 bridgehead atoms. The molecule has 0 radical (unpaired) electrons. The molecular weight excluding hydrogens is 1620 g/mol. The van der Waals surface area contributed by atoms with Crippen LogP contribution in [0.5, 0.6) is 0 Å². The summed E-state index contributed by atoms with van der Waals surface area (Å²) < 4.78 is 153. The number of hydrogen-bond donors (Lipinski definition) is 0. The van der Waals surface area contributed by atoms with Crippen molar-refractivity contribution in [3.05, 3.63) is 132 Å². The average molecular weight is 1630 g/mol. The fourth-order valence-electron chi connectivity index (χ4n) is 8.21. The molecule has 0 unspecified atom stereocenters. The van der Waals surface area contributed by atoms with Gasteiger partial charge in [-0.05, 0) is 70.8 Å². The van der Waals surface area contributed by atoms with Gasteiger partial charge in [-0.3, -0.25) is 0 Å². The van der Waals surface area contributed by atoms with E-state index < -0.39 is 230 Å². The molecule has 0 N–H and O–H groups in total. The second-order valence-electron chi connectivity index (χ2n) is 16.0. The molecule has 0 fully saturated rings. The second kappa shape index (κ2) is 29.3. The van der Waals surface area contributed by atoms with E-state index in [0.717, 1.165) is 48.5 Å². The molecular formula is C44H8Cl16FeN4Na4O12S4. The van der Waals surface area contributed by atoms with Gasteiger partial charge in [0, 0.05) is 42.3 Å². The molecule has 5 heterocycles. The van der Waals surface area contributed by atoms with Crippen molar-refractivity contribution in [3.63, 3.8) is 0 Å². The summed E-state index contributed by atoms with van der Waals surface area (Å²) in [5.41, 5.74) is -10.8. The first-order valence-corrected chi connectivity index (χ1v) is 32.0. The van der Waals surface area contributed by atoms with Crippen molar-refractivity contribution in [3.8, 4) is 44.5 Å². The molecule has 2 aliphatic heterocycles. The Labute approximate surface area is 660 Å². The molecule has 0 saturated carbocycles. The maximum Gasteiger partial charge on any atom is 2.00 e. The van der Waals surface area contributed by atoms with Gasteiger partial charge in [-0.15, -0.1) is 22.1 Å². The van der Waals surface area contributed by atoms with Crippen molar-refractivity contribution in [2.75, 3.05) is 0 Å². The minimum absolute atomic E-state index is 0. The molecule has 3 aromatic heterocycles. The molecule has 424 valence electrons. The minimum Gasteiger partial charge on any atom is -0.744 e. The van der Waals surface area contributed by atoms with Crippen molar-refractivity contribution in [2.24, 2.45) is 0 Å². The van der Waals surface area contributed by atoms with E-state index in [0.29, 0.717) is 0 Å². The minimum atomic E-state index is -5.53. The van der Waals surface area contributed by atoms with Crippen molar-refractivity contribution >= 4 is 268 Å². The van der Waals surface area contributed by atoms with Crippen molar-refractivity contribution in [2.45, 2.75) is 19.6 Å². The maximum atomic E-state index is 12.8. The molecule has 41 heteroatoms. The summed E-state index contributed by atoms with van der Waals surface area (Å²) in [5, 5.41) is -11.4. The first-order valence-electron chi connectivity index (χ1n) is 20.3. The third kappa shape index (κ3) is 14.4. The van der Waals surface area contributed by atoms with Crippen LogP contribution in [0.25, 0.3) is 86.7 Å². The van der Waals surface area contributed by atoms with E-state index >= 15 is 0 Å². The fourth-order valence-corrected chi connectivity index (χ4v) is 15.6. The molecule has 7 aromatic rings. The van der Waals surface area contributed by atoms with E-state index in [4.69, 9.17) is 186 Å². The molecule has 0 atom stereocenters. The Bertz CT molecular complexity index is 4250. The van der Waals surface area contributed by atoms with Crippen molar-refractivity contribution < 1.29 is 187 Å². The number of aromatic nitrogens is 4. The van der Waals surface area contributed by atoms with Crippen LogP contribution in [0.4, 0.5) is 0 Å². The van der Waals surface area contributed by atoms with Gasteiger partial charge in [0.15, 0.2) is 0 Å². The molecule has 4 aromatic carbocycles. The summed E-state index contributed by atoms with van der Waals surface area (Å²) in [6.45, 7) is 0. The average Bonchev–Trinajstić information content (AvgIpc) is 3.49. The summed E-state index contributed by atoms with van der Waals surface area (Å²) >= 11 is 112. The summed E-state index contributed by atoms with van der Waals surface area (Å²) in [5.74, 6) is 0. The maximum absolute atomic E-state index is 12.8. The normalized spacial score (nSPS) is 12.8. The van der Waals surface area contributed by atoms with Gasteiger partial charge in [-0.2, -0.15) is 0 Å². The second-order valence-corrected chi connectivity index (χ2v) is 27.6. The van der Waals surface area contributed by atoms with E-state index in [1.165, 1.54) is 0 Å². The van der Waals surface area contributed by atoms with E-state index in [2.05, 4.69) is 19.9 Å². The number of hydrogen-bond acceptors (Lipinski definition) is 14. The quantitative estimate of drug-likeness (QED) is 0.151. The van der Waals surface area contributed by atoms with Gasteiger partial charge in [0.1, 0.15) is 40.5 Å². The van der Waals surface area contributed by atoms with Crippen LogP contribution in [0.1, 0.15) is 22.8 Å². The molecule has 9 rings (SSSR count). The third-order valence-corrected chi connectivity index (χ3v) is 21.6. The summed E-state index contributed by atoms with van der Waals surface area (Å²) in [6, 6.07) is 6.55. The first-order chi connectivity index (χ1) is 36.9. The van der Waals surface area contributed by atoms with Crippen molar-refractivity contribution in [1.29, 1.82) is 0 Å². The predicted molar refractivity (Wildman–Crippen MR) is 310 cm³/mol. The molecule has 0 spiro atoms. The van der Waals surface area contributed by atoms with Gasteiger partial charge in [0.25, 0.3) is 0 Å². The molecule has 85 heavy (non-hydrogen) atoms. The van der Waals surface area contributed by atoms with Crippen LogP contribution in [0.2, 0.25) is 60.3 Å². The number of halogens is 16. The standard InChI is InChI=1S/C44H12Cl16N4O12S4.Fe.4Na/c45-9-1-5-13(77(65,66)67)25(49)17(9)21-37-29(53)31(55)39(61-37)22(18-10(46)2-6-14(26(18)50)78(68,69)70)41-33(57)35(59)43(63-41)24(20-12(48)4-8-16(28(20)52)80(74,75)76)44-36(60)34(58)42(64-44)23(40-32(56)30(54)38(21)62-40)19-11(47)3-7-15(27(19)51)79(71,72)73;;;;;/h1-8H,(H,65,66,67)(H,68,69,70)(H,71,72,73)(H,74,75,76);;;;;/q-2;+2;4*+1/p-4. The topological polar surface area (TPSA) is 283 Å². The van der Waals surface area contributed by atoms with Crippen molar-refractivity contribution in [1.82, 2.24) is 19.9 Å². The molecule has 16 nitrogen and oxygen atoms in total. The van der Waals surface area contributed by atoms with Crippen LogP contribution in [0, 0.1) is 0 Å². The Morgan fingerprint density at radius 1 is 0.282 bits per heavy atom. The van der Waals surface area contributed by atoms with Crippen LogP contribution in [-0.4, -0.2) is 61.9 Å². The monoisotopic (exact) mass is 1620 g/mol. The van der Waals surface area contributed by atoms with Crippen LogP contribution in [0.3, 0.4) is 0 Å².